The van der Waals surface area contributed by atoms with Crippen LogP contribution in [0.25, 0.3) is 0 Å². The van der Waals surface area contributed by atoms with Gasteiger partial charge in [0.2, 0.25) is 0 Å². The van der Waals surface area contributed by atoms with Crippen molar-refractivity contribution in [1.29, 1.82) is 0 Å². The second-order valence-electron chi connectivity index (χ2n) is 2.91. The fourth-order valence-corrected chi connectivity index (χ4v) is 0.379. The molecule has 0 saturated heterocycles. The average molecular weight is 236 g/mol. The number of rotatable bonds is 3. The smallest absolute Gasteiger partial charge is 0.317 e. The zero-order valence-corrected chi connectivity index (χ0v) is 9.38. The molecule has 12 heavy (non-hydrogen) atoms. The molecule has 1 atom stereocenters. The molecule has 0 rings (SSSR count). The summed E-state index contributed by atoms with van der Waals surface area (Å²) in [6.45, 7) is 7.51. The number of alkyl halides is 1. The molecule has 0 radical (unpaired) electrons. The van der Waals surface area contributed by atoms with Gasteiger partial charge in [-0.05, 0) is 19.8 Å². The van der Waals surface area contributed by atoms with Crippen molar-refractivity contribution >= 4 is 27.6 Å². The highest BCUT2D eigenvalue weighted by Crippen LogP contribution is 2.02. The minimum atomic E-state index is -0.366. The van der Waals surface area contributed by atoms with Crippen molar-refractivity contribution in [3.63, 3.8) is 0 Å². The Hall–Kier alpha value is -0.380. The summed E-state index contributed by atoms with van der Waals surface area (Å²) >= 11 is 3.08. The molecule has 0 spiro atoms. The molecule has 0 N–H and O–H groups in total. The lowest BCUT2D eigenvalue weighted by Crippen LogP contribution is -2.13. The predicted molar refractivity (Wildman–Crippen MR) is 52.4 cm³/mol. The van der Waals surface area contributed by atoms with E-state index in [2.05, 4.69) is 25.9 Å². The Bertz CT molecular complexity index is 187. The van der Waals surface area contributed by atoms with Crippen molar-refractivity contribution in [3.05, 3.63) is 0 Å². The highest BCUT2D eigenvalue weighted by molar-refractivity contribution is 9.10. The number of halogens is 1. The molecule has 0 saturated carbocycles. The fraction of sp³-hybridized carbons (Fsp3) is 0.750. The maximum absolute atomic E-state index is 10.9. The molecule has 70 valence electrons. The molecular weight excluding hydrogens is 222 g/mol. The van der Waals surface area contributed by atoms with Crippen LogP contribution in [-0.2, 0) is 9.63 Å². The first-order valence-electron chi connectivity index (χ1n) is 3.84. The van der Waals surface area contributed by atoms with Crippen LogP contribution in [0.15, 0.2) is 5.16 Å². The Balaban J connectivity index is 3.96. The van der Waals surface area contributed by atoms with Gasteiger partial charge in [-0.25, -0.2) is 4.79 Å². The van der Waals surface area contributed by atoms with Gasteiger partial charge < -0.3 is 4.84 Å². The highest BCUT2D eigenvalue weighted by atomic mass is 79.9. The summed E-state index contributed by atoms with van der Waals surface area (Å²) < 4.78 is 0. The van der Waals surface area contributed by atoms with E-state index in [1.165, 1.54) is 0 Å². The van der Waals surface area contributed by atoms with Crippen LogP contribution in [0.5, 0.6) is 0 Å². The van der Waals surface area contributed by atoms with Gasteiger partial charge in [0.05, 0.1) is 5.71 Å². The molecule has 0 fully saturated rings. The van der Waals surface area contributed by atoms with Gasteiger partial charge in [-0.1, -0.05) is 34.9 Å². The van der Waals surface area contributed by atoms with Crippen LogP contribution in [0, 0.1) is 5.92 Å². The van der Waals surface area contributed by atoms with Gasteiger partial charge >= 0.3 is 5.97 Å². The Morgan fingerprint density at radius 1 is 1.42 bits per heavy atom. The van der Waals surface area contributed by atoms with E-state index in [4.69, 9.17) is 0 Å². The van der Waals surface area contributed by atoms with Crippen molar-refractivity contribution in [3.8, 4) is 0 Å². The molecule has 0 amide bonds. The molecule has 0 aliphatic carbocycles. The average Bonchev–Trinajstić information content (AvgIpc) is 1.98. The number of nitrogens with zero attached hydrogens (tertiary/aromatic N) is 1. The fourth-order valence-electron chi connectivity index (χ4n) is 0.295. The molecule has 1 unspecified atom stereocenters. The lowest BCUT2D eigenvalue weighted by atomic mass is 10.1. The number of oxime groups is 1. The van der Waals surface area contributed by atoms with Gasteiger partial charge in [-0.3, -0.25) is 0 Å². The molecule has 0 aliphatic heterocycles. The largest absolute Gasteiger partial charge is 0.348 e. The van der Waals surface area contributed by atoms with Crippen molar-refractivity contribution in [1.82, 2.24) is 0 Å². The number of carbonyl (C=O) groups is 1. The maximum Gasteiger partial charge on any atom is 0.348 e. The Morgan fingerprint density at radius 2 is 1.92 bits per heavy atom. The lowest BCUT2D eigenvalue weighted by molar-refractivity contribution is -0.142. The van der Waals surface area contributed by atoms with E-state index >= 15 is 0 Å². The normalized spacial score (nSPS) is 14.7. The first-order chi connectivity index (χ1) is 5.45. The van der Waals surface area contributed by atoms with Gasteiger partial charge in [0.25, 0.3) is 0 Å². The van der Waals surface area contributed by atoms with E-state index in [0.29, 0.717) is 5.92 Å². The predicted octanol–water partition coefficient (Wildman–Crippen LogP) is 2.34. The first kappa shape index (κ1) is 11.6. The summed E-state index contributed by atoms with van der Waals surface area (Å²) in [5.41, 5.74) is 0.816. The summed E-state index contributed by atoms with van der Waals surface area (Å²) in [6, 6.07) is 0. The number of hydrogen-bond donors (Lipinski definition) is 0. The van der Waals surface area contributed by atoms with E-state index in [0.717, 1.165) is 5.71 Å². The van der Waals surface area contributed by atoms with Gasteiger partial charge in [0, 0.05) is 0 Å². The molecule has 0 aromatic rings. The monoisotopic (exact) mass is 235 g/mol. The van der Waals surface area contributed by atoms with Crippen LogP contribution in [0.2, 0.25) is 0 Å². The summed E-state index contributed by atoms with van der Waals surface area (Å²) in [5.74, 6) is -0.0570. The molecule has 4 heteroatoms. The maximum atomic E-state index is 10.9. The zero-order chi connectivity index (χ0) is 9.72. The zero-order valence-electron chi connectivity index (χ0n) is 7.80. The van der Waals surface area contributed by atoms with Crippen LogP contribution in [0.1, 0.15) is 27.7 Å². The second kappa shape index (κ2) is 5.30. The molecule has 0 aromatic heterocycles. The topological polar surface area (TPSA) is 38.7 Å². The number of carbonyl (C=O) groups excluding carboxylic acids is 1. The quantitative estimate of drug-likeness (QED) is 0.326. The van der Waals surface area contributed by atoms with Crippen molar-refractivity contribution in [2.75, 3.05) is 0 Å². The second-order valence-corrected chi connectivity index (χ2v) is 4.29. The Morgan fingerprint density at radius 3 is 2.25 bits per heavy atom. The minimum absolute atomic E-state index is 0.304. The molecule has 0 aliphatic rings. The lowest BCUT2D eigenvalue weighted by Gasteiger charge is -2.03. The minimum Gasteiger partial charge on any atom is -0.317 e. The molecule has 3 nitrogen and oxygen atoms in total. The van der Waals surface area contributed by atoms with Crippen LogP contribution < -0.4 is 0 Å². The third kappa shape index (κ3) is 4.49. The van der Waals surface area contributed by atoms with E-state index in [1.54, 1.807) is 6.92 Å². The summed E-state index contributed by atoms with van der Waals surface area (Å²) in [4.78, 5) is 15.2. The molecule has 0 aromatic carbocycles. The summed E-state index contributed by atoms with van der Waals surface area (Å²) in [7, 11) is 0. The third-order valence-electron chi connectivity index (χ3n) is 1.44. The first-order valence-corrected chi connectivity index (χ1v) is 4.76. The van der Waals surface area contributed by atoms with Crippen LogP contribution >= 0.6 is 15.9 Å². The molecular formula is C8H14BrNO2. The molecule has 0 heterocycles. The Labute approximate surface area is 81.3 Å². The van der Waals surface area contributed by atoms with Crippen LogP contribution in [0.3, 0.4) is 0 Å². The standard InChI is InChI=1S/C8H14BrNO2/c1-5(2)7(4)10-12-8(11)6(3)9/h5-6H,1-4H3/b10-7+. The third-order valence-corrected chi connectivity index (χ3v) is 1.81. The van der Waals surface area contributed by atoms with E-state index in [1.807, 2.05) is 20.8 Å². The highest BCUT2D eigenvalue weighted by Gasteiger charge is 2.10. The van der Waals surface area contributed by atoms with Crippen molar-refractivity contribution < 1.29 is 9.63 Å². The van der Waals surface area contributed by atoms with E-state index in [-0.39, 0.29) is 10.8 Å². The van der Waals surface area contributed by atoms with E-state index < -0.39 is 0 Å². The summed E-state index contributed by atoms with van der Waals surface area (Å²) in [6.07, 6.45) is 0. The molecule has 0 bridgehead atoms. The van der Waals surface area contributed by atoms with E-state index in [9.17, 15) is 4.79 Å². The van der Waals surface area contributed by atoms with Crippen molar-refractivity contribution in [2.24, 2.45) is 11.1 Å². The van der Waals surface area contributed by atoms with Crippen LogP contribution in [0.4, 0.5) is 0 Å². The SMILES string of the molecule is C/C(=N\OC(=O)C(C)Br)C(C)C. The van der Waals surface area contributed by atoms with Crippen LogP contribution in [-0.4, -0.2) is 16.5 Å². The van der Waals surface area contributed by atoms with Gasteiger partial charge in [-0.15, -0.1) is 0 Å². The summed E-state index contributed by atoms with van der Waals surface area (Å²) in [5, 5.41) is 3.68. The van der Waals surface area contributed by atoms with Gasteiger partial charge in [0.15, 0.2) is 0 Å². The van der Waals surface area contributed by atoms with Gasteiger partial charge in [-0.2, -0.15) is 0 Å². The Kier molecular flexibility index (Phi) is 5.13. The number of hydrogen-bond acceptors (Lipinski definition) is 3. The van der Waals surface area contributed by atoms with Crippen molar-refractivity contribution in [2.45, 2.75) is 32.5 Å². The van der Waals surface area contributed by atoms with Gasteiger partial charge in [0.1, 0.15) is 4.83 Å².